The van der Waals surface area contributed by atoms with Crippen LogP contribution < -0.4 is 4.74 Å². The van der Waals surface area contributed by atoms with E-state index in [4.69, 9.17) is 4.74 Å². The predicted octanol–water partition coefficient (Wildman–Crippen LogP) is 2.11. The summed E-state index contributed by atoms with van der Waals surface area (Å²) < 4.78 is 5.73. The SMILES string of the molecule is CN(C)CC(=O)N1CCN(C(=O)c2ccc(COc3ccccc3)cc2)CC1. The molecule has 3 rings (SSSR count). The van der Waals surface area contributed by atoms with Crippen LogP contribution in [0.5, 0.6) is 5.75 Å². The highest BCUT2D eigenvalue weighted by Gasteiger charge is 2.24. The Morgan fingerprint density at radius 1 is 0.893 bits per heavy atom. The number of hydrogen-bond acceptors (Lipinski definition) is 4. The van der Waals surface area contributed by atoms with Crippen molar-refractivity contribution in [2.24, 2.45) is 0 Å². The van der Waals surface area contributed by atoms with Crippen molar-refractivity contribution in [2.75, 3.05) is 46.8 Å². The third-order valence-corrected chi connectivity index (χ3v) is 4.72. The third kappa shape index (κ3) is 5.33. The average molecular weight is 381 g/mol. The van der Waals surface area contributed by atoms with E-state index in [0.717, 1.165) is 11.3 Å². The Morgan fingerprint density at radius 2 is 1.50 bits per heavy atom. The average Bonchev–Trinajstić information content (AvgIpc) is 2.72. The van der Waals surface area contributed by atoms with E-state index < -0.39 is 0 Å². The molecule has 28 heavy (non-hydrogen) atoms. The number of para-hydroxylation sites is 1. The Kier molecular flexibility index (Phi) is 6.66. The van der Waals surface area contributed by atoms with Crippen LogP contribution in [0.15, 0.2) is 54.6 Å². The number of benzene rings is 2. The van der Waals surface area contributed by atoms with Gasteiger partial charge < -0.3 is 19.4 Å². The standard InChI is InChI=1S/C22H27N3O3/c1-23(2)16-21(26)24-12-14-25(15-13-24)22(27)19-10-8-18(9-11-19)17-28-20-6-4-3-5-7-20/h3-11H,12-17H2,1-2H3. The lowest BCUT2D eigenvalue weighted by atomic mass is 10.1. The fourth-order valence-corrected chi connectivity index (χ4v) is 3.14. The van der Waals surface area contributed by atoms with Crippen LogP contribution in [0, 0.1) is 0 Å². The lowest BCUT2D eigenvalue weighted by molar-refractivity contribution is -0.133. The van der Waals surface area contributed by atoms with Gasteiger partial charge in [0.2, 0.25) is 5.91 Å². The third-order valence-electron chi connectivity index (χ3n) is 4.72. The van der Waals surface area contributed by atoms with Crippen molar-refractivity contribution >= 4 is 11.8 Å². The fourth-order valence-electron chi connectivity index (χ4n) is 3.14. The summed E-state index contributed by atoms with van der Waals surface area (Å²) >= 11 is 0. The highest BCUT2D eigenvalue weighted by molar-refractivity contribution is 5.94. The minimum Gasteiger partial charge on any atom is -0.489 e. The van der Waals surface area contributed by atoms with Gasteiger partial charge in [-0.05, 0) is 43.9 Å². The van der Waals surface area contributed by atoms with E-state index in [9.17, 15) is 9.59 Å². The van der Waals surface area contributed by atoms with Crippen LogP contribution >= 0.6 is 0 Å². The Balaban J connectivity index is 1.50. The molecule has 6 nitrogen and oxygen atoms in total. The Bertz CT molecular complexity index is 782. The van der Waals surface area contributed by atoms with E-state index in [1.54, 1.807) is 0 Å². The Labute approximate surface area is 166 Å². The quantitative estimate of drug-likeness (QED) is 0.769. The van der Waals surface area contributed by atoms with Crippen molar-refractivity contribution in [3.05, 3.63) is 65.7 Å². The van der Waals surface area contributed by atoms with E-state index in [1.807, 2.05) is 83.4 Å². The van der Waals surface area contributed by atoms with E-state index in [-0.39, 0.29) is 11.8 Å². The Hall–Kier alpha value is -2.86. The zero-order valence-electron chi connectivity index (χ0n) is 16.5. The zero-order valence-corrected chi connectivity index (χ0v) is 16.5. The summed E-state index contributed by atoms with van der Waals surface area (Å²) in [5, 5.41) is 0. The van der Waals surface area contributed by atoms with Gasteiger partial charge in [0.25, 0.3) is 5.91 Å². The molecule has 0 aromatic heterocycles. The van der Waals surface area contributed by atoms with Gasteiger partial charge >= 0.3 is 0 Å². The van der Waals surface area contributed by atoms with Crippen LogP contribution in [0.3, 0.4) is 0 Å². The first kappa shape index (κ1) is 19.9. The van der Waals surface area contributed by atoms with Gasteiger partial charge in [-0.3, -0.25) is 9.59 Å². The summed E-state index contributed by atoms with van der Waals surface area (Å²) in [7, 11) is 3.76. The second kappa shape index (κ2) is 9.37. The van der Waals surface area contributed by atoms with Crippen LogP contribution in [0.1, 0.15) is 15.9 Å². The summed E-state index contributed by atoms with van der Waals surface area (Å²) in [6, 6.07) is 17.2. The van der Waals surface area contributed by atoms with Crippen LogP contribution in [0.4, 0.5) is 0 Å². The van der Waals surface area contributed by atoms with Gasteiger partial charge in [-0.15, -0.1) is 0 Å². The van der Waals surface area contributed by atoms with Gasteiger partial charge in [0.15, 0.2) is 0 Å². The summed E-state index contributed by atoms with van der Waals surface area (Å²) in [4.78, 5) is 30.4. The summed E-state index contributed by atoms with van der Waals surface area (Å²) in [6.45, 7) is 3.17. The van der Waals surface area contributed by atoms with E-state index in [2.05, 4.69) is 0 Å². The molecule has 2 amide bonds. The molecule has 1 aliphatic rings. The molecular formula is C22H27N3O3. The second-order valence-corrected chi connectivity index (χ2v) is 7.21. The molecule has 2 aromatic carbocycles. The van der Waals surface area contributed by atoms with Crippen LogP contribution in [-0.4, -0.2) is 73.3 Å². The molecule has 148 valence electrons. The van der Waals surface area contributed by atoms with Crippen molar-refractivity contribution in [2.45, 2.75) is 6.61 Å². The summed E-state index contributed by atoms with van der Waals surface area (Å²) in [5.74, 6) is 0.944. The molecule has 1 heterocycles. The zero-order chi connectivity index (χ0) is 19.9. The number of carbonyl (C=O) groups is 2. The maximum atomic E-state index is 12.7. The van der Waals surface area contributed by atoms with Gasteiger partial charge in [0, 0.05) is 31.7 Å². The van der Waals surface area contributed by atoms with Gasteiger partial charge in [-0.1, -0.05) is 30.3 Å². The first-order valence-electron chi connectivity index (χ1n) is 9.51. The van der Waals surface area contributed by atoms with E-state index in [0.29, 0.717) is 44.9 Å². The molecule has 1 aliphatic heterocycles. The predicted molar refractivity (Wildman–Crippen MR) is 108 cm³/mol. The molecule has 0 bridgehead atoms. The molecule has 0 radical (unpaired) electrons. The maximum absolute atomic E-state index is 12.7. The molecular weight excluding hydrogens is 354 g/mol. The molecule has 0 spiro atoms. The highest BCUT2D eigenvalue weighted by Crippen LogP contribution is 2.14. The second-order valence-electron chi connectivity index (χ2n) is 7.21. The lowest BCUT2D eigenvalue weighted by Crippen LogP contribution is -2.52. The first-order valence-corrected chi connectivity index (χ1v) is 9.51. The largest absolute Gasteiger partial charge is 0.489 e. The number of rotatable bonds is 6. The first-order chi connectivity index (χ1) is 13.5. The topological polar surface area (TPSA) is 53.1 Å². The number of piperazine rings is 1. The van der Waals surface area contributed by atoms with Crippen LogP contribution in [-0.2, 0) is 11.4 Å². The molecule has 0 N–H and O–H groups in total. The number of ether oxygens (including phenoxy) is 1. The molecule has 0 saturated carbocycles. The van der Waals surface area contributed by atoms with Gasteiger partial charge in [0.05, 0.1) is 6.54 Å². The number of hydrogen-bond donors (Lipinski definition) is 0. The smallest absolute Gasteiger partial charge is 0.253 e. The van der Waals surface area contributed by atoms with Crippen molar-refractivity contribution in [1.82, 2.24) is 14.7 Å². The Morgan fingerprint density at radius 3 is 2.11 bits per heavy atom. The minimum absolute atomic E-state index is 0.00948. The molecule has 6 heteroatoms. The fraction of sp³-hybridized carbons (Fsp3) is 0.364. The number of nitrogens with zero attached hydrogens (tertiary/aromatic N) is 3. The summed E-state index contributed by atoms with van der Waals surface area (Å²) in [6.07, 6.45) is 0. The van der Waals surface area contributed by atoms with E-state index in [1.165, 1.54) is 0 Å². The van der Waals surface area contributed by atoms with Crippen LogP contribution in [0.25, 0.3) is 0 Å². The van der Waals surface area contributed by atoms with Gasteiger partial charge in [0.1, 0.15) is 12.4 Å². The van der Waals surface area contributed by atoms with Crippen molar-refractivity contribution in [3.63, 3.8) is 0 Å². The highest BCUT2D eigenvalue weighted by atomic mass is 16.5. The van der Waals surface area contributed by atoms with E-state index >= 15 is 0 Å². The lowest BCUT2D eigenvalue weighted by Gasteiger charge is -2.35. The molecule has 2 aromatic rings. The van der Waals surface area contributed by atoms with Gasteiger partial charge in [-0.2, -0.15) is 0 Å². The van der Waals surface area contributed by atoms with Crippen molar-refractivity contribution in [3.8, 4) is 5.75 Å². The molecule has 0 aliphatic carbocycles. The van der Waals surface area contributed by atoms with Crippen molar-refractivity contribution < 1.29 is 14.3 Å². The normalized spacial score (nSPS) is 14.2. The molecule has 0 unspecified atom stereocenters. The van der Waals surface area contributed by atoms with Crippen molar-refractivity contribution in [1.29, 1.82) is 0 Å². The van der Waals surface area contributed by atoms with Gasteiger partial charge in [-0.25, -0.2) is 0 Å². The molecule has 1 fully saturated rings. The number of amides is 2. The van der Waals surface area contributed by atoms with Crippen LogP contribution in [0.2, 0.25) is 0 Å². The molecule has 1 saturated heterocycles. The summed E-state index contributed by atoms with van der Waals surface area (Å²) in [5.41, 5.74) is 1.68. The maximum Gasteiger partial charge on any atom is 0.253 e. The molecule has 0 atom stereocenters. The monoisotopic (exact) mass is 381 g/mol. The minimum atomic E-state index is 0.00948. The number of likely N-dealkylation sites (N-methyl/N-ethyl adjacent to an activating group) is 1. The number of carbonyl (C=O) groups excluding carboxylic acids is 2.